The van der Waals surface area contributed by atoms with Gasteiger partial charge >= 0.3 is 5.97 Å². The van der Waals surface area contributed by atoms with Crippen LogP contribution in [0.1, 0.15) is 134 Å². The first-order valence-corrected chi connectivity index (χ1v) is 33.7. The molecule has 31 nitrogen and oxygen atoms in total. The smallest absolute Gasteiger partial charge is 0.342 e. The number of methoxy groups -OCH3 is 2. The highest BCUT2D eigenvalue weighted by Crippen LogP contribution is 2.38. The van der Waals surface area contributed by atoms with Crippen LogP contribution in [0.2, 0.25) is 0 Å². The van der Waals surface area contributed by atoms with E-state index >= 15 is 0 Å². The normalized spacial score (nSPS) is 11.1. The molecule has 10 aromatic carbocycles. The van der Waals surface area contributed by atoms with Gasteiger partial charge in [0, 0.05) is 47.1 Å². The number of carboxylic acids is 1. The zero-order valence-corrected chi connectivity index (χ0v) is 62.7. The van der Waals surface area contributed by atoms with Gasteiger partial charge in [0.15, 0.2) is 18.9 Å². The number of hydrogen-bond acceptors (Lipinski definition) is 24. The fourth-order valence-electron chi connectivity index (χ4n) is 10.7. The lowest BCUT2D eigenvalue weighted by atomic mass is 10.1. The molecule has 1 heterocycles. The Bertz CT molecular complexity index is 5100. The Morgan fingerprint density at radius 3 is 1.25 bits per heavy atom. The summed E-state index contributed by atoms with van der Waals surface area (Å²) in [6.07, 6.45) is 3.48. The maximum atomic E-state index is 13.1. The van der Waals surface area contributed by atoms with E-state index in [0.29, 0.717) is 94.8 Å². The first kappa shape index (κ1) is 88.9. The number of carbonyl (C=O) groups excluding carboxylic acids is 6. The highest BCUT2D eigenvalue weighted by atomic mass is 16.6. The van der Waals surface area contributed by atoms with Crippen LogP contribution in [-0.4, -0.2) is 115 Å². The summed E-state index contributed by atoms with van der Waals surface area (Å²) in [5.41, 5.74) is 8.87. The Morgan fingerprint density at radius 1 is 0.416 bits per heavy atom. The number of nitrogens with zero attached hydrogens (tertiary/aromatic N) is 6. The molecule has 0 bridgehead atoms. The van der Waals surface area contributed by atoms with Gasteiger partial charge in [-0.1, -0.05) is 78.9 Å². The summed E-state index contributed by atoms with van der Waals surface area (Å²) in [4.78, 5) is 129. The number of para-hydroxylation sites is 1. The molecule has 0 fully saturated rings. The Kier molecular flexibility index (Phi) is 33.6. The summed E-state index contributed by atoms with van der Waals surface area (Å²) in [5, 5.41) is 90.4. The molecule has 1 aliphatic rings. The summed E-state index contributed by atoms with van der Waals surface area (Å²) >= 11 is 0. The van der Waals surface area contributed by atoms with Crippen molar-refractivity contribution in [2.45, 2.75) is 81.1 Å². The Hall–Kier alpha value is -14.8. The standard InChI is InChI=1S/C18H18N2O5.C15H13NO4.C15H14O2.C9H9NO5.C9H9NO3.C8H7NO4.C8H8O2/c1-11-7-16(20(23)24)14(9-17(11)25-2)18(22)19-13(10-21)8-12-5-3-4-6-15(12)19;1-11-7-13(9-17)14(16(18)19)8-15(11)20-10-12-5-3-2-4-6-12;1-12-9-14(10-16)7-8-15(12)17-11-13-5-3-2-4-6-13;1-5-3-7(10(13)14)6(9(11)12)4-8(5)15-2;1-6-3-8(5-11)9(10(12)13)4-7(6)2;1-5-2-6(4-10)7(9(12)13)3-8(5)11;1-6-4-7(5-9)2-3-8(6)10/h3-7,9,13,21H,8,10H2,1-2H3;2-9H,10H2,1H3;2-10H,11H2,1H3;3-4H,1-2H3,(H,11,12);3-5H,1-2H3;2-4,11H,1H3;2-5,10H,1H3/t13-;;;;;;/m0....../s1. The van der Waals surface area contributed by atoms with Gasteiger partial charge < -0.3 is 44.3 Å². The molecule has 0 saturated carbocycles. The molecule has 1 atom stereocenters. The molecule has 1 amide bonds. The van der Waals surface area contributed by atoms with E-state index in [1.165, 1.54) is 73.7 Å². The van der Waals surface area contributed by atoms with Crippen molar-refractivity contribution < 1.29 is 97.6 Å². The molecular weight excluding hydrogens is 1470 g/mol. The molecule has 10 aromatic rings. The number of ether oxygens (including phenoxy) is 4. The second-order valence-corrected chi connectivity index (χ2v) is 24.7. The number of aromatic hydroxyl groups is 2. The van der Waals surface area contributed by atoms with E-state index in [1.807, 2.05) is 98.8 Å². The van der Waals surface area contributed by atoms with E-state index < -0.39 is 48.2 Å². The van der Waals surface area contributed by atoms with Gasteiger partial charge in [-0.05, 0) is 184 Å². The molecule has 0 radical (unpaired) electrons. The number of phenolic OH excluding ortho intramolecular Hbond substituents is 2. The number of nitro benzene ring substituents is 5. The van der Waals surface area contributed by atoms with Gasteiger partial charge in [-0.3, -0.25) is 79.3 Å². The largest absolute Gasteiger partial charge is 0.508 e. The van der Waals surface area contributed by atoms with Crippen LogP contribution in [0, 0.1) is 106 Å². The van der Waals surface area contributed by atoms with Crippen LogP contribution < -0.4 is 23.8 Å². The SMILES string of the molecule is COc1cc(C(=O)N2c3ccccc3C[C@H]2CO)c([N+](=O)[O-])cc1C.COc1cc(C(=O)O)c([N+](=O)[O-])cc1C.Cc1cc(C=O)c([N+](=O)[O-])cc1C.Cc1cc(C=O)c([N+](=O)[O-])cc1O.Cc1cc(C=O)c([N+](=O)[O-])cc1OCc1ccccc1.Cc1cc(C=O)ccc1O.Cc1cc(C=O)ccc1OCc1ccccc1. The molecule has 0 aromatic heterocycles. The highest BCUT2D eigenvalue weighted by Gasteiger charge is 2.37. The average molecular weight is 1550 g/mol. The summed E-state index contributed by atoms with van der Waals surface area (Å²) in [6.45, 7) is 14.5. The van der Waals surface area contributed by atoms with Crippen molar-refractivity contribution in [3.8, 4) is 34.5 Å². The van der Waals surface area contributed by atoms with E-state index in [2.05, 4.69) is 0 Å². The first-order valence-electron chi connectivity index (χ1n) is 33.7. The number of aliphatic hydroxyl groups is 1. The second kappa shape index (κ2) is 42.7. The molecule has 31 heteroatoms. The second-order valence-electron chi connectivity index (χ2n) is 24.7. The van der Waals surface area contributed by atoms with E-state index in [4.69, 9.17) is 34.3 Å². The van der Waals surface area contributed by atoms with Crippen molar-refractivity contribution in [2.75, 3.05) is 25.7 Å². The monoisotopic (exact) mass is 1550 g/mol. The molecule has 11 rings (SSSR count). The van der Waals surface area contributed by atoms with Gasteiger partial charge in [-0.25, -0.2) is 4.79 Å². The van der Waals surface area contributed by atoms with E-state index in [1.54, 1.807) is 71.9 Å². The highest BCUT2D eigenvalue weighted by molar-refractivity contribution is 6.10. The van der Waals surface area contributed by atoms with Crippen LogP contribution in [0.4, 0.5) is 34.1 Å². The quantitative estimate of drug-likeness (QED) is 0.0295. The number of phenols is 2. The predicted octanol–water partition coefficient (Wildman–Crippen LogP) is 15.7. The fourth-order valence-corrected chi connectivity index (χ4v) is 10.7. The van der Waals surface area contributed by atoms with Crippen LogP contribution in [0.5, 0.6) is 34.5 Å². The van der Waals surface area contributed by atoms with E-state index in [0.717, 1.165) is 69.4 Å². The van der Waals surface area contributed by atoms with Gasteiger partial charge in [0.1, 0.15) is 71.4 Å². The minimum Gasteiger partial charge on any atom is -0.508 e. The topological polar surface area (TPSA) is 456 Å². The van der Waals surface area contributed by atoms with Gasteiger partial charge in [0.05, 0.1) is 80.3 Å². The Morgan fingerprint density at radius 2 is 0.796 bits per heavy atom. The Balaban J connectivity index is 0.000000240. The lowest BCUT2D eigenvalue weighted by molar-refractivity contribution is -0.385. The van der Waals surface area contributed by atoms with Gasteiger partial charge in [0.2, 0.25) is 0 Å². The zero-order valence-electron chi connectivity index (χ0n) is 62.7. The number of nitro groups is 5. The van der Waals surface area contributed by atoms with Crippen molar-refractivity contribution in [3.05, 3.63) is 333 Å². The lowest BCUT2D eigenvalue weighted by Crippen LogP contribution is -2.40. The van der Waals surface area contributed by atoms with Crippen LogP contribution in [0.3, 0.4) is 0 Å². The third-order valence-corrected chi connectivity index (χ3v) is 16.8. The molecule has 586 valence electrons. The van der Waals surface area contributed by atoms with E-state index in [9.17, 15) is 89.2 Å². The summed E-state index contributed by atoms with van der Waals surface area (Å²) in [7, 11) is 2.82. The van der Waals surface area contributed by atoms with Gasteiger partial charge in [0.25, 0.3) is 34.3 Å². The van der Waals surface area contributed by atoms with Crippen LogP contribution >= 0.6 is 0 Å². The third kappa shape index (κ3) is 24.9. The zero-order chi connectivity index (χ0) is 83.9. The minimum atomic E-state index is -1.35. The molecule has 1 aliphatic heterocycles. The molecule has 113 heavy (non-hydrogen) atoms. The summed E-state index contributed by atoms with van der Waals surface area (Å²) < 4.78 is 21.4. The van der Waals surface area contributed by atoms with Crippen molar-refractivity contribution in [1.29, 1.82) is 0 Å². The number of benzene rings is 10. The van der Waals surface area contributed by atoms with Gasteiger partial charge in [-0.15, -0.1) is 0 Å². The van der Waals surface area contributed by atoms with Gasteiger partial charge in [-0.2, -0.15) is 0 Å². The molecule has 0 spiro atoms. The number of anilines is 1. The first-order chi connectivity index (χ1) is 53.7. The lowest BCUT2D eigenvalue weighted by Gasteiger charge is -2.24. The molecule has 0 unspecified atom stereocenters. The third-order valence-electron chi connectivity index (χ3n) is 16.8. The molecule has 0 saturated heterocycles. The number of aromatic carboxylic acids is 1. The number of fused-ring (bicyclic) bond motifs is 1. The Labute approximate surface area is 646 Å². The maximum absolute atomic E-state index is 13.1. The van der Waals surface area contributed by atoms with Crippen molar-refractivity contribution in [3.63, 3.8) is 0 Å². The average Bonchev–Trinajstić information content (AvgIpc) is 1.64. The maximum Gasteiger partial charge on any atom is 0.342 e. The van der Waals surface area contributed by atoms with Crippen molar-refractivity contribution in [2.24, 2.45) is 0 Å². The number of hydrogen-bond donors (Lipinski definition) is 4. The molecular formula is C82H78N6O25. The number of carbonyl (C=O) groups is 7. The fraction of sp³-hybridized carbons (Fsp3) is 0.183. The number of aryl methyl sites for hydroxylation is 8. The summed E-state index contributed by atoms with van der Waals surface area (Å²) in [6, 6.07) is 49.5. The number of carboxylic acid groups (broad SMARTS) is 1. The number of amides is 1. The van der Waals surface area contributed by atoms with E-state index in [-0.39, 0.29) is 68.7 Å². The number of aliphatic hydroxyl groups excluding tert-OH is 1. The summed E-state index contributed by atoms with van der Waals surface area (Å²) in [5.74, 6) is 0.127. The number of rotatable bonds is 21. The van der Waals surface area contributed by atoms with Crippen molar-refractivity contribution >= 4 is 77.4 Å². The van der Waals surface area contributed by atoms with Crippen molar-refractivity contribution in [1.82, 2.24) is 0 Å². The van der Waals surface area contributed by atoms with Crippen LogP contribution in [0.25, 0.3) is 0 Å². The minimum absolute atomic E-state index is 0.0275. The molecule has 4 N–H and O–H groups in total. The number of aldehydes is 5. The molecule has 0 aliphatic carbocycles. The predicted molar refractivity (Wildman–Crippen MR) is 416 cm³/mol. The van der Waals surface area contributed by atoms with Crippen LogP contribution in [0.15, 0.2) is 182 Å². The van der Waals surface area contributed by atoms with Crippen LogP contribution in [-0.2, 0) is 19.6 Å².